The topological polar surface area (TPSA) is 49.8 Å². The van der Waals surface area contributed by atoms with E-state index in [0.717, 1.165) is 0 Å². The first-order valence-electron chi connectivity index (χ1n) is 6.50. The molecule has 1 amide bonds. The molecule has 1 aromatic rings. The third kappa shape index (κ3) is 3.57. The molecule has 1 aromatic carbocycles. The van der Waals surface area contributed by atoms with Crippen molar-refractivity contribution in [1.29, 1.82) is 0 Å². The van der Waals surface area contributed by atoms with Gasteiger partial charge in [-0.1, -0.05) is 48.7 Å². The lowest BCUT2D eigenvalue weighted by molar-refractivity contribution is -0.165. The predicted molar refractivity (Wildman–Crippen MR) is 83.3 cm³/mol. The Balaban J connectivity index is 1.90. The first-order valence-corrected chi connectivity index (χ1v) is 7.64. The van der Waals surface area contributed by atoms with E-state index in [9.17, 15) is 9.90 Å². The Labute approximate surface area is 138 Å². The molecule has 116 valence electrons. The highest BCUT2D eigenvalue weighted by molar-refractivity contribution is 6.43. The fourth-order valence-electron chi connectivity index (χ4n) is 2.00. The van der Waals surface area contributed by atoms with E-state index < -0.39 is 5.60 Å². The Morgan fingerprint density at radius 1 is 1.29 bits per heavy atom. The maximum atomic E-state index is 12.0. The number of carbonyl (C=O) groups excluding carboxylic acids is 1. The van der Waals surface area contributed by atoms with Crippen LogP contribution in [0.25, 0.3) is 0 Å². The fraction of sp³-hybridized carbons (Fsp3) is 0.500. The van der Waals surface area contributed by atoms with Crippen LogP contribution in [0.4, 0.5) is 0 Å². The van der Waals surface area contributed by atoms with Gasteiger partial charge in [0.2, 0.25) is 0 Å². The van der Waals surface area contributed by atoms with Crippen molar-refractivity contribution in [2.45, 2.75) is 19.4 Å². The maximum absolute atomic E-state index is 12.0. The van der Waals surface area contributed by atoms with Crippen molar-refractivity contribution in [3.05, 3.63) is 27.2 Å². The number of carbonyl (C=O) groups is 1. The van der Waals surface area contributed by atoms with Crippen LogP contribution in [0.3, 0.4) is 0 Å². The van der Waals surface area contributed by atoms with Crippen LogP contribution in [-0.2, 0) is 4.79 Å². The normalized spacial score (nSPS) is 16.8. The van der Waals surface area contributed by atoms with Gasteiger partial charge in [0.1, 0.15) is 11.4 Å². The van der Waals surface area contributed by atoms with Crippen LogP contribution in [0.5, 0.6) is 5.75 Å². The van der Waals surface area contributed by atoms with Gasteiger partial charge in [0.25, 0.3) is 5.91 Å². The molecule has 1 fully saturated rings. The molecule has 0 saturated carbocycles. The summed E-state index contributed by atoms with van der Waals surface area (Å²) in [5.74, 6) is 0.202. The lowest BCUT2D eigenvalue weighted by Crippen LogP contribution is -2.66. The van der Waals surface area contributed by atoms with Crippen molar-refractivity contribution in [3.8, 4) is 5.75 Å². The molecule has 7 heteroatoms. The van der Waals surface area contributed by atoms with E-state index in [2.05, 4.69) is 0 Å². The molecule has 4 nitrogen and oxygen atoms in total. The second-order valence-corrected chi connectivity index (χ2v) is 6.72. The van der Waals surface area contributed by atoms with Crippen molar-refractivity contribution in [2.24, 2.45) is 5.92 Å². The summed E-state index contributed by atoms with van der Waals surface area (Å²) in [4.78, 5) is 13.5. The Morgan fingerprint density at radius 3 is 2.43 bits per heavy atom. The molecule has 1 heterocycles. The van der Waals surface area contributed by atoms with Gasteiger partial charge in [-0.15, -0.1) is 0 Å². The number of rotatable bonds is 4. The second-order valence-electron chi connectivity index (χ2n) is 5.49. The molecule has 0 bridgehead atoms. The summed E-state index contributed by atoms with van der Waals surface area (Å²) < 4.78 is 5.37. The maximum Gasteiger partial charge on any atom is 0.260 e. The number of hydrogen-bond donors (Lipinski definition) is 1. The molecule has 0 radical (unpaired) electrons. The quantitative estimate of drug-likeness (QED) is 0.846. The zero-order valence-corrected chi connectivity index (χ0v) is 14.0. The molecule has 1 aliphatic rings. The van der Waals surface area contributed by atoms with Crippen LogP contribution in [-0.4, -0.2) is 41.2 Å². The summed E-state index contributed by atoms with van der Waals surface area (Å²) >= 11 is 17.7. The van der Waals surface area contributed by atoms with Crippen LogP contribution in [0.15, 0.2) is 12.1 Å². The highest BCUT2D eigenvalue weighted by atomic mass is 35.5. The van der Waals surface area contributed by atoms with E-state index in [1.165, 1.54) is 12.1 Å². The van der Waals surface area contributed by atoms with E-state index >= 15 is 0 Å². The molecule has 1 saturated heterocycles. The van der Waals surface area contributed by atoms with Crippen LogP contribution in [0.1, 0.15) is 13.8 Å². The number of β-amino-alcohol motifs (C(OH)–C–C–N with tert-alkyl or cyclic N) is 1. The van der Waals surface area contributed by atoms with Crippen LogP contribution in [0, 0.1) is 5.92 Å². The van der Waals surface area contributed by atoms with Crippen LogP contribution in [0.2, 0.25) is 15.1 Å². The molecular formula is C14H16Cl3NO3. The molecule has 0 aliphatic carbocycles. The van der Waals surface area contributed by atoms with Gasteiger partial charge < -0.3 is 14.7 Å². The number of hydrogen-bond acceptors (Lipinski definition) is 3. The molecule has 0 spiro atoms. The number of amides is 1. The Bertz CT molecular complexity index is 557. The molecule has 2 rings (SSSR count). The number of halogens is 3. The summed E-state index contributed by atoms with van der Waals surface area (Å²) in [6.45, 7) is 4.33. The molecule has 0 unspecified atom stereocenters. The third-order valence-electron chi connectivity index (χ3n) is 3.68. The van der Waals surface area contributed by atoms with Gasteiger partial charge in [-0.05, 0) is 12.0 Å². The van der Waals surface area contributed by atoms with E-state index in [1.54, 1.807) is 4.90 Å². The number of ether oxygens (including phenoxy) is 1. The molecular weight excluding hydrogens is 337 g/mol. The predicted octanol–water partition coefficient (Wildman–Crippen LogP) is 3.25. The standard InChI is InChI=1S/C14H16Cl3NO3/c1-8(2)14(20)6-18(7-14)13(19)5-21-12-4-10(16)9(15)3-11(12)17/h3-4,8,20H,5-7H2,1-2H3. The summed E-state index contributed by atoms with van der Waals surface area (Å²) in [6, 6.07) is 2.94. The smallest absolute Gasteiger partial charge is 0.260 e. The van der Waals surface area contributed by atoms with Gasteiger partial charge in [-0.2, -0.15) is 0 Å². The van der Waals surface area contributed by atoms with Crippen molar-refractivity contribution in [2.75, 3.05) is 19.7 Å². The van der Waals surface area contributed by atoms with Crippen LogP contribution >= 0.6 is 34.8 Å². The SMILES string of the molecule is CC(C)C1(O)CN(C(=O)COc2cc(Cl)c(Cl)cc2Cl)C1. The lowest BCUT2D eigenvalue weighted by Gasteiger charge is -2.48. The van der Waals surface area contributed by atoms with Gasteiger partial charge in [0.15, 0.2) is 6.61 Å². The van der Waals surface area contributed by atoms with Gasteiger partial charge in [0.05, 0.1) is 28.2 Å². The number of aliphatic hydroxyl groups is 1. The van der Waals surface area contributed by atoms with Crippen molar-refractivity contribution < 1.29 is 14.6 Å². The second kappa shape index (κ2) is 6.21. The monoisotopic (exact) mass is 351 g/mol. The Hall–Kier alpha value is -0.680. The molecule has 1 aliphatic heterocycles. The fourth-order valence-corrected chi connectivity index (χ4v) is 2.59. The minimum absolute atomic E-state index is 0.104. The van der Waals surface area contributed by atoms with Crippen molar-refractivity contribution in [3.63, 3.8) is 0 Å². The van der Waals surface area contributed by atoms with E-state index in [1.807, 2.05) is 13.8 Å². The third-order valence-corrected chi connectivity index (χ3v) is 4.70. The van der Waals surface area contributed by atoms with Gasteiger partial charge in [-0.25, -0.2) is 0 Å². The molecule has 21 heavy (non-hydrogen) atoms. The van der Waals surface area contributed by atoms with E-state index in [4.69, 9.17) is 39.5 Å². The Morgan fingerprint density at radius 2 is 1.86 bits per heavy atom. The summed E-state index contributed by atoms with van der Waals surface area (Å²) in [5, 5.41) is 11.0. The first kappa shape index (κ1) is 16.7. The lowest BCUT2D eigenvalue weighted by atomic mass is 9.83. The molecule has 0 aromatic heterocycles. The van der Waals surface area contributed by atoms with E-state index in [-0.39, 0.29) is 18.4 Å². The highest BCUT2D eigenvalue weighted by Crippen LogP contribution is 2.34. The van der Waals surface area contributed by atoms with Crippen LogP contribution < -0.4 is 4.74 Å². The summed E-state index contributed by atoms with van der Waals surface area (Å²) in [5.41, 5.74) is -0.795. The number of nitrogens with zero attached hydrogens (tertiary/aromatic N) is 1. The highest BCUT2D eigenvalue weighted by Gasteiger charge is 2.45. The summed E-state index contributed by atoms with van der Waals surface area (Å²) in [6.07, 6.45) is 0. The van der Waals surface area contributed by atoms with Gasteiger partial charge in [0, 0.05) is 6.07 Å². The average molecular weight is 353 g/mol. The number of likely N-dealkylation sites (tertiary alicyclic amines) is 1. The van der Waals surface area contributed by atoms with Gasteiger partial charge >= 0.3 is 0 Å². The number of benzene rings is 1. The molecule has 0 atom stereocenters. The largest absolute Gasteiger partial charge is 0.482 e. The van der Waals surface area contributed by atoms with Crippen molar-refractivity contribution in [1.82, 2.24) is 4.90 Å². The molecule has 1 N–H and O–H groups in total. The minimum atomic E-state index is -0.795. The average Bonchev–Trinajstić information content (AvgIpc) is 2.37. The minimum Gasteiger partial charge on any atom is -0.482 e. The van der Waals surface area contributed by atoms with Crippen molar-refractivity contribution >= 4 is 40.7 Å². The van der Waals surface area contributed by atoms with E-state index in [0.29, 0.717) is 33.9 Å². The van der Waals surface area contributed by atoms with Gasteiger partial charge in [-0.3, -0.25) is 4.79 Å². The first-order chi connectivity index (χ1) is 9.73. The Kier molecular flexibility index (Phi) is 4.93. The summed E-state index contributed by atoms with van der Waals surface area (Å²) in [7, 11) is 0. The zero-order valence-electron chi connectivity index (χ0n) is 11.7. The zero-order chi connectivity index (χ0) is 15.8.